The molecule has 0 bridgehead atoms. The van der Waals surface area contributed by atoms with E-state index in [-0.39, 0.29) is 11.2 Å². The van der Waals surface area contributed by atoms with Gasteiger partial charge in [-0.05, 0) is 26.3 Å². The molecule has 1 aromatic rings. The molecule has 1 aliphatic heterocycles. The minimum absolute atomic E-state index is 0.0147. The van der Waals surface area contributed by atoms with E-state index in [1.807, 2.05) is 13.8 Å². The minimum atomic E-state index is -1.13. The quantitative estimate of drug-likeness (QED) is 0.832. The second kappa shape index (κ2) is 5.41. The number of halogens is 3. The Morgan fingerprint density at radius 3 is 2.74 bits per heavy atom. The van der Waals surface area contributed by atoms with Crippen molar-refractivity contribution >= 4 is 5.69 Å². The van der Waals surface area contributed by atoms with Gasteiger partial charge in [0, 0.05) is 30.8 Å². The van der Waals surface area contributed by atoms with Gasteiger partial charge in [-0.3, -0.25) is 0 Å². The lowest BCUT2D eigenvalue weighted by molar-refractivity contribution is 0.365. The molecule has 1 fully saturated rings. The Labute approximate surface area is 111 Å². The normalized spacial score (nSPS) is 24.4. The first-order chi connectivity index (χ1) is 8.95. The van der Waals surface area contributed by atoms with Crippen LogP contribution in [0.3, 0.4) is 0 Å². The molecule has 1 aromatic carbocycles. The fourth-order valence-corrected chi connectivity index (χ4v) is 2.43. The molecule has 0 saturated carbocycles. The topological polar surface area (TPSA) is 15.3 Å². The van der Waals surface area contributed by atoms with Crippen molar-refractivity contribution in [2.45, 2.75) is 32.2 Å². The summed E-state index contributed by atoms with van der Waals surface area (Å²) < 4.78 is 40.5. The molecule has 2 rings (SSSR count). The first kappa shape index (κ1) is 14.2. The van der Waals surface area contributed by atoms with Gasteiger partial charge in [0.25, 0.3) is 0 Å². The van der Waals surface area contributed by atoms with Crippen LogP contribution in [-0.4, -0.2) is 25.2 Å². The predicted molar refractivity (Wildman–Crippen MR) is 69.8 cm³/mol. The first-order valence-corrected chi connectivity index (χ1v) is 6.60. The molecule has 1 unspecified atom stereocenters. The summed E-state index contributed by atoms with van der Waals surface area (Å²) in [5.41, 5.74) is -0.160. The Kier molecular flexibility index (Phi) is 4.04. The fraction of sp³-hybridized carbons (Fsp3) is 0.571. The Balaban J connectivity index is 2.34. The standard InChI is InChI=1S/C14H19F3N2/c1-3-14(2)9-19(6-4-5-18-14)12-8-10(15)7-11(16)13(12)17/h7-8,18H,3-6,9H2,1-2H3. The molecule has 0 radical (unpaired) electrons. The highest BCUT2D eigenvalue weighted by atomic mass is 19.2. The van der Waals surface area contributed by atoms with Crippen molar-refractivity contribution in [3.05, 3.63) is 29.6 Å². The maximum absolute atomic E-state index is 13.9. The molecule has 5 heteroatoms. The third-order valence-corrected chi connectivity index (χ3v) is 3.79. The van der Waals surface area contributed by atoms with Crippen molar-refractivity contribution in [2.24, 2.45) is 0 Å². The van der Waals surface area contributed by atoms with Crippen molar-refractivity contribution in [3.8, 4) is 0 Å². The maximum Gasteiger partial charge on any atom is 0.182 e. The van der Waals surface area contributed by atoms with Gasteiger partial charge in [-0.25, -0.2) is 13.2 Å². The van der Waals surface area contributed by atoms with Crippen molar-refractivity contribution in [1.82, 2.24) is 5.32 Å². The number of anilines is 1. The number of hydrogen-bond acceptors (Lipinski definition) is 2. The van der Waals surface area contributed by atoms with Crippen LogP contribution in [-0.2, 0) is 0 Å². The highest BCUT2D eigenvalue weighted by Gasteiger charge is 2.29. The molecule has 1 heterocycles. The first-order valence-electron chi connectivity index (χ1n) is 6.60. The number of nitrogens with one attached hydrogen (secondary N) is 1. The predicted octanol–water partition coefficient (Wildman–Crippen LogP) is 3.07. The van der Waals surface area contributed by atoms with E-state index in [2.05, 4.69) is 5.32 Å². The Morgan fingerprint density at radius 1 is 1.32 bits per heavy atom. The third-order valence-electron chi connectivity index (χ3n) is 3.79. The van der Waals surface area contributed by atoms with Gasteiger partial charge in [-0.15, -0.1) is 0 Å². The van der Waals surface area contributed by atoms with Crippen molar-refractivity contribution < 1.29 is 13.2 Å². The highest BCUT2D eigenvalue weighted by Crippen LogP contribution is 2.27. The summed E-state index contributed by atoms with van der Waals surface area (Å²) in [6.07, 6.45) is 1.68. The van der Waals surface area contributed by atoms with Crippen molar-refractivity contribution in [3.63, 3.8) is 0 Å². The monoisotopic (exact) mass is 272 g/mol. The van der Waals surface area contributed by atoms with E-state index in [0.717, 1.165) is 25.5 Å². The minimum Gasteiger partial charge on any atom is -0.367 e. The number of nitrogens with zero attached hydrogens (tertiary/aromatic N) is 1. The second-order valence-corrected chi connectivity index (χ2v) is 5.34. The van der Waals surface area contributed by atoms with Gasteiger partial charge >= 0.3 is 0 Å². The molecule has 19 heavy (non-hydrogen) atoms. The summed E-state index contributed by atoms with van der Waals surface area (Å²) in [5.74, 6) is -2.85. The number of rotatable bonds is 2. The van der Waals surface area contributed by atoms with Gasteiger partial charge < -0.3 is 10.2 Å². The van der Waals surface area contributed by atoms with E-state index in [0.29, 0.717) is 19.2 Å². The van der Waals surface area contributed by atoms with Crippen LogP contribution in [0.5, 0.6) is 0 Å². The van der Waals surface area contributed by atoms with Crippen LogP contribution in [0, 0.1) is 17.5 Å². The summed E-state index contributed by atoms with van der Waals surface area (Å²) in [7, 11) is 0. The average Bonchev–Trinajstić information content (AvgIpc) is 2.56. The Bertz CT molecular complexity index is 464. The molecule has 106 valence electrons. The van der Waals surface area contributed by atoms with Gasteiger partial charge in [-0.2, -0.15) is 0 Å². The number of benzene rings is 1. The second-order valence-electron chi connectivity index (χ2n) is 5.34. The third kappa shape index (κ3) is 3.03. The van der Waals surface area contributed by atoms with E-state index in [1.54, 1.807) is 4.90 Å². The Morgan fingerprint density at radius 2 is 2.05 bits per heavy atom. The summed E-state index contributed by atoms with van der Waals surface area (Å²) >= 11 is 0. The SMILES string of the molecule is CCC1(C)CN(c2cc(F)cc(F)c2F)CCCN1. The largest absolute Gasteiger partial charge is 0.367 e. The van der Waals surface area contributed by atoms with E-state index >= 15 is 0 Å². The summed E-state index contributed by atoms with van der Waals surface area (Å²) in [6.45, 7) is 6.02. The Hall–Kier alpha value is -1.23. The molecule has 2 nitrogen and oxygen atoms in total. The van der Waals surface area contributed by atoms with Crippen LogP contribution in [0.25, 0.3) is 0 Å². The molecule has 0 aliphatic carbocycles. The fourth-order valence-electron chi connectivity index (χ4n) is 2.43. The molecule has 0 amide bonds. The van der Waals surface area contributed by atoms with Crippen molar-refractivity contribution in [1.29, 1.82) is 0 Å². The van der Waals surface area contributed by atoms with Crippen LogP contribution in [0.1, 0.15) is 26.7 Å². The molecule has 0 spiro atoms. The van der Waals surface area contributed by atoms with Gasteiger partial charge in [0.1, 0.15) is 5.82 Å². The highest BCUT2D eigenvalue weighted by molar-refractivity contribution is 5.49. The van der Waals surface area contributed by atoms with Crippen LogP contribution in [0.4, 0.5) is 18.9 Å². The average molecular weight is 272 g/mol. The zero-order valence-corrected chi connectivity index (χ0v) is 11.3. The lowest BCUT2D eigenvalue weighted by Gasteiger charge is -2.34. The molecule has 1 saturated heterocycles. The van der Waals surface area contributed by atoms with Gasteiger partial charge in [0.05, 0.1) is 5.69 Å². The van der Waals surface area contributed by atoms with Gasteiger partial charge in [-0.1, -0.05) is 6.92 Å². The van der Waals surface area contributed by atoms with Crippen molar-refractivity contribution in [2.75, 3.05) is 24.5 Å². The van der Waals surface area contributed by atoms with E-state index in [9.17, 15) is 13.2 Å². The molecule has 1 aliphatic rings. The molecular formula is C14H19F3N2. The molecule has 0 aromatic heterocycles. The zero-order valence-electron chi connectivity index (χ0n) is 11.3. The summed E-state index contributed by atoms with van der Waals surface area (Å²) in [6, 6.07) is 1.65. The lowest BCUT2D eigenvalue weighted by Crippen LogP contribution is -2.48. The summed E-state index contributed by atoms with van der Waals surface area (Å²) in [4.78, 5) is 1.73. The van der Waals surface area contributed by atoms with E-state index < -0.39 is 17.5 Å². The zero-order chi connectivity index (χ0) is 14.0. The lowest BCUT2D eigenvalue weighted by atomic mass is 9.98. The summed E-state index contributed by atoms with van der Waals surface area (Å²) in [5, 5.41) is 3.40. The van der Waals surface area contributed by atoms with E-state index in [1.165, 1.54) is 0 Å². The molecular weight excluding hydrogens is 253 g/mol. The smallest absolute Gasteiger partial charge is 0.182 e. The van der Waals surface area contributed by atoms with Crippen LogP contribution < -0.4 is 10.2 Å². The maximum atomic E-state index is 13.9. The number of hydrogen-bond donors (Lipinski definition) is 1. The van der Waals surface area contributed by atoms with Gasteiger partial charge in [0.15, 0.2) is 11.6 Å². The molecule has 1 N–H and O–H groups in total. The van der Waals surface area contributed by atoms with Crippen LogP contribution >= 0.6 is 0 Å². The van der Waals surface area contributed by atoms with Crippen LogP contribution in [0.15, 0.2) is 12.1 Å². The molecule has 1 atom stereocenters. The van der Waals surface area contributed by atoms with Crippen LogP contribution in [0.2, 0.25) is 0 Å². The van der Waals surface area contributed by atoms with E-state index in [4.69, 9.17) is 0 Å². The van der Waals surface area contributed by atoms with Gasteiger partial charge in [0.2, 0.25) is 0 Å².